The molecule has 0 aromatic heterocycles. The van der Waals surface area contributed by atoms with Crippen LogP contribution in [0.2, 0.25) is 0 Å². The van der Waals surface area contributed by atoms with Crippen LogP contribution >= 0.6 is 23.5 Å². The average molecular weight is 315 g/mol. The third kappa shape index (κ3) is 3.67. The molecular formula is C19H22S2. The van der Waals surface area contributed by atoms with E-state index in [0.717, 1.165) is 5.25 Å². The lowest BCUT2D eigenvalue weighted by Crippen LogP contribution is -2.10. The van der Waals surface area contributed by atoms with E-state index in [4.69, 9.17) is 0 Å². The van der Waals surface area contributed by atoms with Gasteiger partial charge in [-0.3, -0.25) is 0 Å². The Kier molecular flexibility index (Phi) is 4.37. The first kappa shape index (κ1) is 15.1. The minimum Gasteiger partial charge on any atom is -0.125 e. The summed E-state index contributed by atoms with van der Waals surface area (Å²) in [7, 11) is 0. The van der Waals surface area contributed by atoms with Crippen LogP contribution in [0.1, 0.15) is 31.9 Å². The molecule has 0 radical (unpaired) electrons. The second kappa shape index (κ2) is 6.10. The van der Waals surface area contributed by atoms with E-state index in [9.17, 15) is 0 Å². The highest BCUT2D eigenvalue weighted by molar-refractivity contribution is 8.03. The molecule has 2 aromatic carbocycles. The Labute approximate surface area is 136 Å². The van der Waals surface area contributed by atoms with Gasteiger partial charge in [-0.25, -0.2) is 0 Å². The first-order chi connectivity index (χ1) is 10.0. The summed E-state index contributed by atoms with van der Waals surface area (Å²) in [6.45, 7) is 6.80. The summed E-state index contributed by atoms with van der Waals surface area (Å²) in [5, 5.41) is 0.717. The summed E-state index contributed by atoms with van der Waals surface area (Å²) >= 11 is 4.03. The van der Waals surface area contributed by atoms with Crippen molar-refractivity contribution in [3.8, 4) is 0 Å². The van der Waals surface area contributed by atoms with E-state index in [1.807, 2.05) is 23.5 Å². The summed E-state index contributed by atoms with van der Waals surface area (Å²) in [6.07, 6.45) is 1.22. The predicted octanol–water partition coefficient (Wildman–Crippen LogP) is 5.79. The fraction of sp³-hybridized carbons (Fsp3) is 0.368. The SMILES string of the molecule is CC(C)(C)c1ccc(SCC2Cc3ccccc3S2)cc1. The maximum absolute atomic E-state index is 2.28. The molecule has 0 saturated carbocycles. The molecule has 110 valence electrons. The molecule has 0 bridgehead atoms. The minimum absolute atomic E-state index is 0.242. The molecular weight excluding hydrogens is 292 g/mol. The first-order valence-electron chi connectivity index (χ1n) is 7.50. The molecule has 0 N–H and O–H groups in total. The van der Waals surface area contributed by atoms with Crippen LogP contribution in [-0.4, -0.2) is 11.0 Å². The van der Waals surface area contributed by atoms with Crippen molar-refractivity contribution in [2.24, 2.45) is 0 Å². The zero-order valence-electron chi connectivity index (χ0n) is 12.9. The lowest BCUT2D eigenvalue weighted by atomic mass is 9.87. The molecule has 0 amide bonds. The second-order valence-electron chi connectivity index (χ2n) is 6.64. The Morgan fingerprint density at radius 1 is 1.05 bits per heavy atom. The van der Waals surface area contributed by atoms with Gasteiger partial charge in [0, 0.05) is 20.8 Å². The molecule has 0 saturated heterocycles. The highest BCUT2D eigenvalue weighted by Crippen LogP contribution is 2.39. The number of hydrogen-bond donors (Lipinski definition) is 0. The minimum atomic E-state index is 0.242. The monoisotopic (exact) mass is 314 g/mol. The third-order valence-corrected chi connectivity index (χ3v) is 6.57. The van der Waals surface area contributed by atoms with Crippen molar-refractivity contribution >= 4 is 23.5 Å². The topological polar surface area (TPSA) is 0 Å². The van der Waals surface area contributed by atoms with Crippen LogP contribution < -0.4 is 0 Å². The number of rotatable bonds is 3. The molecule has 0 fully saturated rings. The molecule has 21 heavy (non-hydrogen) atoms. The predicted molar refractivity (Wildman–Crippen MR) is 95.7 cm³/mol. The Morgan fingerprint density at radius 2 is 1.76 bits per heavy atom. The third-order valence-electron chi connectivity index (χ3n) is 3.87. The summed E-state index contributed by atoms with van der Waals surface area (Å²) in [4.78, 5) is 2.87. The molecule has 1 unspecified atom stereocenters. The normalized spacial score (nSPS) is 17.8. The maximum atomic E-state index is 2.28. The first-order valence-corrected chi connectivity index (χ1v) is 9.37. The Balaban J connectivity index is 1.57. The van der Waals surface area contributed by atoms with Crippen molar-refractivity contribution in [2.75, 3.05) is 5.75 Å². The lowest BCUT2D eigenvalue weighted by molar-refractivity contribution is 0.590. The fourth-order valence-electron chi connectivity index (χ4n) is 2.59. The Bertz CT molecular complexity index is 583. The van der Waals surface area contributed by atoms with Gasteiger partial charge in [0.1, 0.15) is 0 Å². The zero-order chi connectivity index (χ0) is 14.9. The van der Waals surface area contributed by atoms with Crippen LogP contribution in [-0.2, 0) is 11.8 Å². The lowest BCUT2D eigenvalue weighted by Gasteiger charge is -2.19. The maximum Gasteiger partial charge on any atom is 0.0229 e. The number of thioether (sulfide) groups is 2. The van der Waals surface area contributed by atoms with Gasteiger partial charge in [0.25, 0.3) is 0 Å². The summed E-state index contributed by atoms with van der Waals surface area (Å²) in [5.41, 5.74) is 3.18. The van der Waals surface area contributed by atoms with Crippen LogP contribution in [0.25, 0.3) is 0 Å². The van der Waals surface area contributed by atoms with Crippen molar-refractivity contribution in [1.82, 2.24) is 0 Å². The molecule has 1 heterocycles. The van der Waals surface area contributed by atoms with Crippen molar-refractivity contribution in [2.45, 2.75) is 47.6 Å². The van der Waals surface area contributed by atoms with E-state index >= 15 is 0 Å². The number of fused-ring (bicyclic) bond motifs is 1. The standard InChI is InChI=1S/C19H22S2/c1-19(2,3)15-8-10-16(11-9-15)20-13-17-12-14-6-4-5-7-18(14)21-17/h4-11,17H,12-13H2,1-3H3. The van der Waals surface area contributed by atoms with E-state index in [-0.39, 0.29) is 5.41 Å². The molecule has 1 aliphatic heterocycles. The Morgan fingerprint density at radius 3 is 2.43 bits per heavy atom. The molecule has 1 aliphatic rings. The van der Waals surface area contributed by atoms with Crippen LogP contribution in [0.3, 0.4) is 0 Å². The van der Waals surface area contributed by atoms with Gasteiger partial charge >= 0.3 is 0 Å². The van der Waals surface area contributed by atoms with Crippen molar-refractivity contribution in [3.05, 3.63) is 59.7 Å². The molecule has 2 heteroatoms. The van der Waals surface area contributed by atoms with Gasteiger partial charge < -0.3 is 0 Å². The summed E-state index contributed by atoms with van der Waals surface area (Å²) < 4.78 is 0. The largest absolute Gasteiger partial charge is 0.125 e. The zero-order valence-corrected chi connectivity index (χ0v) is 14.6. The smallest absolute Gasteiger partial charge is 0.0229 e. The number of benzene rings is 2. The van der Waals surface area contributed by atoms with Crippen molar-refractivity contribution < 1.29 is 0 Å². The highest BCUT2D eigenvalue weighted by Gasteiger charge is 2.21. The molecule has 0 spiro atoms. The van der Waals surface area contributed by atoms with Crippen LogP contribution in [0.5, 0.6) is 0 Å². The van der Waals surface area contributed by atoms with Gasteiger partial charge in [-0.1, -0.05) is 51.1 Å². The van der Waals surface area contributed by atoms with Crippen molar-refractivity contribution in [1.29, 1.82) is 0 Å². The van der Waals surface area contributed by atoms with Gasteiger partial charge in [0.15, 0.2) is 0 Å². The molecule has 1 atom stereocenters. The molecule has 3 rings (SSSR count). The molecule has 0 nitrogen and oxygen atoms in total. The van der Waals surface area contributed by atoms with Crippen LogP contribution in [0.15, 0.2) is 58.3 Å². The Hall–Kier alpha value is -0.860. The van der Waals surface area contributed by atoms with E-state index < -0.39 is 0 Å². The van der Waals surface area contributed by atoms with Gasteiger partial charge in [0.05, 0.1) is 0 Å². The number of hydrogen-bond acceptors (Lipinski definition) is 2. The quantitative estimate of drug-likeness (QED) is 0.657. The average Bonchev–Trinajstić information content (AvgIpc) is 2.87. The van der Waals surface area contributed by atoms with E-state index in [0.29, 0.717) is 0 Å². The highest BCUT2D eigenvalue weighted by atomic mass is 32.2. The summed E-state index contributed by atoms with van der Waals surface area (Å²) in [6, 6.07) is 17.9. The van der Waals surface area contributed by atoms with Crippen LogP contribution in [0, 0.1) is 0 Å². The molecule has 0 aliphatic carbocycles. The van der Waals surface area contributed by atoms with E-state index in [1.54, 1.807) is 0 Å². The second-order valence-corrected chi connectivity index (χ2v) is 9.07. The molecule has 2 aromatic rings. The van der Waals surface area contributed by atoms with Gasteiger partial charge in [-0.05, 0) is 41.2 Å². The van der Waals surface area contributed by atoms with Crippen molar-refractivity contribution in [3.63, 3.8) is 0 Å². The van der Waals surface area contributed by atoms with Gasteiger partial charge in [0.2, 0.25) is 0 Å². The summed E-state index contributed by atoms with van der Waals surface area (Å²) in [5.74, 6) is 1.19. The fourth-order valence-corrected chi connectivity index (χ4v) is 4.97. The van der Waals surface area contributed by atoms with Crippen LogP contribution in [0.4, 0.5) is 0 Å². The van der Waals surface area contributed by atoms with E-state index in [2.05, 4.69) is 69.3 Å². The van der Waals surface area contributed by atoms with E-state index in [1.165, 1.54) is 33.1 Å². The van der Waals surface area contributed by atoms with Gasteiger partial charge in [-0.2, -0.15) is 0 Å². The van der Waals surface area contributed by atoms with Gasteiger partial charge in [-0.15, -0.1) is 23.5 Å².